The largest absolute Gasteiger partial charge is 0.376 e. The summed E-state index contributed by atoms with van der Waals surface area (Å²) in [7, 11) is 0. The van der Waals surface area contributed by atoms with Crippen molar-refractivity contribution in [1.29, 1.82) is 0 Å². The molecule has 0 aliphatic carbocycles. The first-order valence-electron chi connectivity index (χ1n) is 5.87. The minimum Gasteiger partial charge on any atom is -0.376 e. The van der Waals surface area contributed by atoms with Gasteiger partial charge in [0, 0.05) is 11.3 Å². The number of hydrogen-bond acceptors (Lipinski definition) is 1. The first-order chi connectivity index (χ1) is 8.68. The van der Waals surface area contributed by atoms with Crippen LogP contribution in [0, 0.1) is 0 Å². The maximum Gasteiger partial charge on any atom is 0.258 e. The molecule has 94 valence electrons. The average molecular weight is 247 g/mol. The lowest BCUT2D eigenvalue weighted by Crippen LogP contribution is -2.24. The third-order valence-corrected chi connectivity index (χ3v) is 2.77. The third kappa shape index (κ3) is 2.86. The Balaban J connectivity index is 2.32. The Hall–Kier alpha value is -1.90. The van der Waals surface area contributed by atoms with Crippen molar-refractivity contribution in [2.45, 2.75) is 19.4 Å². The van der Waals surface area contributed by atoms with Gasteiger partial charge in [0.2, 0.25) is 0 Å². The summed E-state index contributed by atoms with van der Waals surface area (Å²) >= 11 is 0. The van der Waals surface area contributed by atoms with E-state index in [0.29, 0.717) is 0 Å². The Bertz CT molecular complexity index is 497. The monoisotopic (exact) mass is 247 g/mol. The Morgan fingerprint density at radius 1 is 0.889 bits per heavy atom. The van der Waals surface area contributed by atoms with E-state index >= 15 is 0 Å². The first-order valence-corrected chi connectivity index (χ1v) is 5.87. The number of alkyl halides is 2. The molecule has 2 rings (SSSR count). The molecule has 0 heterocycles. The Labute approximate surface area is 105 Å². The number of rotatable bonds is 4. The fraction of sp³-hybridized carbons (Fsp3) is 0.200. The third-order valence-electron chi connectivity index (χ3n) is 2.77. The van der Waals surface area contributed by atoms with Crippen molar-refractivity contribution in [2.75, 3.05) is 5.32 Å². The SMILES string of the molecule is CC(Nc1ccccc1-c1ccccc1)C(F)F. The zero-order valence-corrected chi connectivity index (χ0v) is 10.1. The van der Waals surface area contributed by atoms with Crippen molar-refractivity contribution in [3.05, 3.63) is 54.6 Å². The van der Waals surface area contributed by atoms with Gasteiger partial charge in [-0.2, -0.15) is 0 Å². The molecular formula is C15H15F2N. The summed E-state index contributed by atoms with van der Waals surface area (Å²) in [6.45, 7) is 1.48. The lowest BCUT2D eigenvalue weighted by atomic mass is 10.0. The van der Waals surface area contributed by atoms with Crippen molar-refractivity contribution in [1.82, 2.24) is 0 Å². The van der Waals surface area contributed by atoms with Gasteiger partial charge in [-0.25, -0.2) is 8.78 Å². The van der Waals surface area contributed by atoms with Crippen LogP contribution in [-0.4, -0.2) is 12.5 Å². The van der Waals surface area contributed by atoms with Gasteiger partial charge in [0.1, 0.15) is 0 Å². The van der Waals surface area contributed by atoms with Crippen LogP contribution >= 0.6 is 0 Å². The molecule has 1 N–H and O–H groups in total. The fourth-order valence-electron chi connectivity index (χ4n) is 1.79. The van der Waals surface area contributed by atoms with Gasteiger partial charge in [-0.05, 0) is 18.6 Å². The number of hydrogen-bond donors (Lipinski definition) is 1. The molecule has 0 saturated heterocycles. The predicted molar refractivity (Wildman–Crippen MR) is 71.0 cm³/mol. The van der Waals surface area contributed by atoms with Crippen molar-refractivity contribution in [2.24, 2.45) is 0 Å². The minimum atomic E-state index is -2.38. The van der Waals surface area contributed by atoms with E-state index in [1.807, 2.05) is 54.6 Å². The molecule has 0 radical (unpaired) electrons. The number of halogens is 2. The van der Waals surface area contributed by atoms with Gasteiger partial charge >= 0.3 is 0 Å². The molecule has 0 amide bonds. The first kappa shape index (κ1) is 12.6. The van der Waals surface area contributed by atoms with Crippen LogP contribution in [0.5, 0.6) is 0 Å². The van der Waals surface area contributed by atoms with Gasteiger partial charge in [-0.15, -0.1) is 0 Å². The van der Waals surface area contributed by atoms with Gasteiger partial charge in [0.15, 0.2) is 0 Å². The van der Waals surface area contributed by atoms with Gasteiger partial charge in [0.05, 0.1) is 6.04 Å². The van der Waals surface area contributed by atoms with E-state index in [-0.39, 0.29) is 0 Å². The molecule has 1 nitrogen and oxygen atoms in total. The van der Waals surface area contributed by atoms with Crippen LogP contribution in [0.2, 0.25) is 0 Å². The molecule has 3 heteroatoms. The smallest absolute Gasteiger partial charge is 0.258 e. The Morgan fingerprint density at radius 3 is 2.17 bits per heavy atom. The van der Waals surface area contributed by atoms with E-state index in [2.05, 4.69) is 5.32 Å². The number of para-hydroxylation sites is 1. The second-order valence-corrected chi connectivity index (χ2v) is 4.18. The highest BCUT2D eigenvalue weighted by Crippen LogP contribution is 2.28. The summed E-state index contributed by atoms with van der Waals surface area (Å²) in [6, 6.07) is 16.4. The summed E-state index contributed by atoms with van der Waals surface area (Å²) in [5, 5.41) is 2.86. The van der Waals surface area contributed by atoms with Crippen LogP contribution in [0.15, 0.2) is 54.6 Å². The average Bonchev–Trinajstić information content (AvgIpc) is 2.40. The lowest BCUT2D eigenvalue weighted by Gasteiger charge is -2.17. The summed E-state index contributed by atoms with van der Waals surface area (Å²) in [5.74, 6) is 0. The molecule has 0 aliphatic heterocycles. The molecule has 1 atom stereocenters. The summed E-state index contributed by atoms with van der Waals surface area (Å²) in [4.78, 5) is 0. The second kappa shape index (κ2) is 5.63. The highest BCUT2D eigenvalue weighted by atomic mass is 19.3. The molecule has 0 saturated carbocycles. The molecule has 2 aromatic carbocycles. The van der Waals surface area contributed by atoms with Crippen LogP contribution < -0.4 is 5.32 Å². The molecule has 1 unspecified atom stereocenters. The Morgan fingerprint density at radius 2 is 1.50 bits per heavy atom. The van der Waals surface area contributed by atoms with Crippen molar-refractivity contribution in [3.63, 3.8) is 0 Å². The second-order valence-electron chi connectivity index (χ2n) is 4.18. The molecule has 0 fully saturated rings. The van der Waals surface area contributed by atoms with E-state index in [1.54, 1.807) is 0 Å². The van der Waals surface area contributed by atoms with E-state index in [1.165, 1.54) is 6.92 Å². The zero-order valence-electron chi connectivity index (χ0n) is 10.1. The normalized spacial score (nSPS) is 12.4. The molecule has 2 aromatic rings. The maximum atomic E-state index is 12.6. The molecule has 0 spiro atoms. The maximum absolute atomic E-state index is 12.6. The molecule has 18 heavy (non-hydrogen) atoms. The van der Waals surface area contributed by atoms with Gasteiger partial charge in [-0.3, -0.25) is 0 Å². The Kier molecular flexibility index (Phi) is 3.92. The number of benzene rings is 2. The van der Waals surface area contributed by atoms with Crippen LogP contribution in [0.25, 0.3) is 11.1 Å². The van der Waals surface area contributed by atoms with Gasteiger partial charge in [-0.1, -0.05) is 48.5 Å². The molecular weight excluding hydrogens is 232 g/mol. The summed E-state index contributed by atoms with van der Waals surface area (Å²) < 4.78 is 25.2. The zero-order chi connectivity index (χ0) is 13.0. The van der Waals surface area contributed by atoms with Crippen molar-refractivity contribution in [3.8, 4) is 11.1 Å². The molecule has 0 bridgehead atoms. The predicted octanol–water partition coefficient (Wildman–Crippen LogP) is 4.42. The summed E-state index contributed by atoms with van der Waals surface area (Å²) in [6.07, 6.45) is -2.38. The molecule has 0 aliphatic rings. The summed E-state index contributed by atoms with van der Waals surface area (Å²) in [5.41, 5.74) is 2.68. The minimum absolute atomic E-state index is 0.733. The van der Waals surface area contributed by atoms with Crippen LogP contribution in [0.3, 0.4) is 0 Å². The van der Waals surface area contributed by atoms with Crippen molar-refractivity contribution >= 4 is 5.69 Å². The van der Waals surface area contributed by atoms with E-state index in [4.69, 9.17) is 0 Å². The van der Waals surface area contributed by atoms with E-state index in [9.17, 15) is 8.78 Å². The fourth-order valence-corrected chi connectivity index (χ4v) is 1.79. The van der Waals surface area contributed by atoms with Crippen LogP contribution in [0.1, 0.15) is 6.92 Å². The number of anilines is 1. The topological polar surface area (TPSA) is 12.0 Å². The standard InChI is InChI=1S/C15H15F2N/c1-11(15(16)17)18-14-10-6-5-9-13(14)12-7-3-2-4-8-12/h2-11,15,18H,1H3. The lowest BCUT2D eigenvalue weighted by molar-refractivity contribution is 0.131. The van der Waals surface area contributed by atoms with Gasteiger partial charge in [0.25, 0.3) is 6.43 Å². The van der Waals surface area contributed by atoms with E-state index in [0.717, 1.165) is 16.8 Å². The van der Waals surface area contributed by atoms with Crippen molar-refractivity contribution < 1.29 is 8.78 Å². The number of nitrogens with one attached hydrogen (secondary N) is 1. The van der Waals surface area contributed by atoms with Crippen LogP contribution in [-0.2, 0) is 0 Å². The van der Waals surface area contributed by atoms with Crippen LogP contribution in [0.4, 0.5) is 14.5 Å². The highest BCUT2D eigenvalue weighted by molar-refractivity contribution is 5.77. The highest BCUT2D eigenvalue weighted by Gasteiger charge is 2.15. The van der Waals surface area contributed by atoms with E-state index < -0.39 is 12.5 Å². The van der Waals surface area contributed by atoms with Gasteiger partial charge < -0.3 is 5.32 Å². The molecule has 0 aromatic heterocycles. The quantitative estimate of drug-likeness (QED) is 0.843.